The Hall–Kier alpha value is -3.68. The van der Waals surface area contributed by atoms with Crippen LogP contribution in [-0.2, 0) is 6.18 Å². The van der Waals surface area contributed by atoms with Crippen molar-refractivity contribution >= 4 is 11.8 Å². The second kappa shape index (κ2) is 9.21. The predicted octanol–water partition coefficient (Wildman–Crippen LogP) is 6.65. The number of anilines is 1. The van der Waals surface area contributed by atoms with Crippen molar-refractivity contribution in [2.75, 3.05) is 18.0 Å². The molecular weight excluding hydrogens is 423 g/mol. The van der Waals surface area contributed by atoms with Crippen LogP contribution in [-0.4, -0.2) is 29.5 Å². The molecule has 32 heavy (non-hydrogen) atoms. The third-order valence-electron chi connectivity index (χ3n) is 5.11. The molecule has 8 heteroatoms. The highest BCUT2D eigenvalue weighted by molar-refractivity contribution is 5.79. The van der Waals surface area contributed by atoms with Crippen molar-refractivity contribution in [2.45, 2.75) is 20.0 Å². The van der Waals surface area contributed by atoms with Gasteiger partial charge >= 0.3 is 12.3 Å². The molecule has 0 radical (unpaired) electrons. The van der Waals surface area contributed by atoms with Crippen molar-refractivity contribution in [1.29, 1.82) is 0 Å². The maximum atomic E-state index is 13.8. The number of benzene rings is 3. The van der Waals surface area contributed by atoms with Gasteiger partial charge in [-0.1, -0.05) is 24.3 Å². The molecule has 0 aromatic heterocycles. The molecule has 0 heterocycles. The molecule has 0 fully saturated rings. The largest absolute Gasteiger partial charge is 0.511 e. The highest BCUT2D eigenvalue weighted by Crippen LogP contribution is 2.41. The summed E-state index contributed by atoms with van der Waals surface area (Å²) >= 11 is 0. The topological polar surface area (TPSA) is 70.0 Å². The van der Waals surface area contributed by atoms with Crippen molar-refractivity contribution in [1.82, 2.24) is 0 Å². The zero-order valence-electron chi connectivity index (χ0n) is 17.5. The van der Waals surface area contributed by atoms with Crippen LogP contribution in [0.3, 0.4) is 0 Å². The minimum Gasteiger partial charge on any atom is -0.507 e. The average Bonchev–Trinajstić information content (AvgIpc) is 2.75. The van der Waals surface area contributed by atoms with Crippen LogP contribution in [0.15, 0.2) is 60.7 Å². The summed E-state index contributed by atoms with van der Waals surface area (Å²) in [5.74, 6) is -0.00893. The molecule has 0 saturated heterocycles. The van der Waals surface area contributed by atoms with E-state index >= 15 is 0 Å². The molecule has 0 aliphatic heterocycles. The van der Waals surface area contributed by atoms with E-state index in [0.29, 0.717) is 24.2 Å². The van der Waals surface area contributed by atoms with Crippen LogP contribution in [0.5, 0.6) is 11.5 Å². The maximum absolute atomic E-state index is 13.8. The van der Waals surface area contributed by atoms with Crippen molar-refractivity contribution in [3.63, 3.8) is 0 Å². The number of rotatable bonds is 6. The summed E-state index contributed by atoms with van der Waals surface area (Å²) in [6.45, 7) is 4.45. The lowest BCUT2D eigenvalue weighted by Crippen LogP contribution is -2.25. The van der Waals surface area contributed by atoms with Gasteiger partial charge in [-0.15, -0.1) is 0 Å². The van der Waals surface area contributed by atoms with E-state index < -0.39 is 17.9 Å². The summed E-state index contributed by atoms with van der Waals surface area (Å²) in [5, 5.41) is 19.0. The third-order valence-corrected chi connectivity index (χ3v) is 5.11. The average molecular weight is 445 g/mol. The fourth-order valence-electron chi connectivity index (χ4n) is 3.53. The highest BCUT2D eigenvalue weighted by atomic mass is 19.4. The molecule has 0 atom stereocenters. The summed E-state index contributed by atoms with van der Waals surface area (Å²) < 4.78 is 46.0. The van der Waals surface area contributed by atoms with Gasteiger partial charge in [0.1, 0.15) is 11.5 Å². The second-order valence-corrected chi connectivity index (χ2v) is 7.03. The Balaban J connectivity index is 2.05. The summed E-state index contributed by atoms with van der Waals surface area (Å²) in [6.07, 6.45) is -5.99. The predicted molar refractivity (Wildman–Crippen MR) is 116 cm³/mol. The lowest BCUT2D eigenvalue weighted by atomic mass is 9.96. The first-order valence-corrected chi connectivity index (χ1v) is 9.94. The number of carboxylic acid groups (broad SMARTS) is 1. The lowest BCUT2D eigenvalue weighted by Gasteiger charge is -2.25. The number of carbonyl (C=O) groups is 1. The third kappa shape index (κ3) is 4.96. The first kappa shape index (κ1) is 23.0. The SMILES string of the molecule is CCN(CC)c1ccc(-c2cc(-c3ccc(OC(=O)O)cc3)ccc2O)cc1C(F)(F)F. The van der Waals surface area contributed by atoms with E-state index in [2.05, 4.69) is 4.74 Å². The normalized spacial score (nSPS) is 11.3. The number of halogens is 3. The van der Waals surface area contributed by atoms with Crippen LogP contribution in [0, 0.1) is 0 Å². The fourth-order valence-corrected chi connectivity index (χ4v) is 3.53. The van der Waals surface area contributed by atoms with Crippen molar-refractivity contribution in [3.05, 3.63) is 66.2 Å². The molecule has 168 valence electrons. The van der Waals surface area contributed by atoms with Crippen molar-refractivity contribution in [2.24, 2.45) is 0 Å². The monoisotopic (exact) mass is 445 g/mol. The van der Waals surface area contributed by atoms with Crippen LogP contribution >= 0.6 is 0 Å². The molecule has 0 spiro atoms. The molecule has 0 aliphatic carbocycles. The van der Waals surface area contributed by atoms with Crippen LogP contribution in [0.25, 0.3) is 22.3 Å². The van der Waals surface area contributed by atoms with E-state index in [1.807, 2.05) is 0 Å². The smallest absolute Gasteiger partial charge is 0.507 e. The Labute approximate surface area is 183 Å². The number of hydrogen-bond donors (Lipinski definition) is 2. The van der Waals surface area contributed by atoms with Gasteiger partial charge in [-0.3, -0.25) is 0 Å². The lowest BCUT2D eigenvalue weighted by molar-refractivity contribution is -0.137. The Morgan fingerprint density at radius 3 is 2.06 bits per heavy atom. The van der Waals surface area contributed by atoms with E-state index in [9.17, 15) is 23.1 Å². The molecule has 2 N–H and O–H groups in total. The number of ether oxygens (including phenoxy) is 1. The van der Waals surface area contributed by atoms with Gasteiger partial charge in [0.05, 0.1) is 5.56 Å². The molecule has 0 amide bonds. The van der Waals surface area contributed by atoms with Gasteiger partial charge in [-0.2, -0.15) is 13.2 Å². The first-order valence-electron chi connectivity index (χ1n) is 9.94. The van der Waals surface area contributed by atoms with E-state index in [1.165, 1.54) is 24.3 Å². The number of hydrogen-bond acceptors (Lipinski definition) is 4. The van der Waals surface area contributed by atoms with E-state index in [0.717, 1.165) is 6.07 Å². The molecule has 3 rings (SSSR count). The van der Waals surface area contributed by atoms with Crippen molar-refractivity contribution in [3.8, 4) is 33.8 Å². The Morgan fingerprint density at radius 2 is 1.50 bits per heavy atom. The number of aromatic hydroxyl groups is 1. The number of alkyl halides is 3. The minimum absolute atomic E-state index is 0.0934. The van der Waals surface area contributed by atoms with E-state index in [1.54, 1.807) is 49.1 Å². The maximum Gasteiger partial charge on any atom is 0.511 e. The van der Waals surface area contributed by atoms with E-state index in [4.69, 9.17) is 5.11 Å². The first-order chi connectivity index (χ1) is 15.1. The molecule has 0 bridgehead atoms. The van der Waals surface area contributed by atoms with Crippen LogP contribution < -0.4 is 9.64 Å². The zero-order chi connectivity index (χ0) is 23.5. The molecule has 0 unspecified atom stereocenters. The van der Waals surface area contributed by atoms with Gasteiger partial charge in [0.15, 0.2) is 0 Å². The summed E-state index contributed by atoms with van der Waals surface area (Å²) in [4.78, 5) is 12.3. The minimum atomic E-state index is -4.55. The van der Waals surface area contributed by atoms with Crippen LogP contribution in [0.1, 0.15) is 19.4 Å². The molecule has 0 aliphatic rings. The highest BCUT2D eigenvalue weighted by Gasteiger charge is 2.35. The Kier molecular flexibility index (Phi) is 6.62. The standard InChI is InChI=1S/C24H22F3NO4/c1-3-28(4-2)21-11-7-17(14-20(21)24(25,26)27)19-13-16(8-12-22(19)29)15-5-9-18(10-6-15)32-23(30)31/h5-14,29H,3-4H2,1-2H3,(H,30,31). The Bertz CT molecular complexity index is 1110. The molecular formula is C24H22F3NO4. The van der Waals surface area contributed by atoms with Crippen molar-refractivity contribution < 1.29 is 32.9 Å². The molecule has 5 nitrogen and oxygen atoms in total. The molecule has 3 aromatic carbocycles. The Morgan fingerprint density at radius 1 is 0.906 bits per heavy atom. The van der Waals surface area contributed by atoms with E-state index in [-0.39, 0.29) is 28.3 Å². The van der Waals surface area contributed by atoms with Crippen LogP contribution in [0.2, 0.25) is 0 Å². The zero-order valence-corrected chi connectivity index (χ0v) is 17.5. The van der Waals surface area contributed by atoms with Gasteiger partial charge in [-0.05, 0) is 66.9 Å². The number of phenols is 1. The number of phenolic OH excluding ortho intramolecular Hbond substituents is 1. The molecule has 3 aromatic rings. The fraction of sp³-hybridized carbons (Fsp3) is 0.208. The second-order valence-electron chi connectivity index (χ2n) is 7.03. The number of nitrogens with zero attached hydrogens (tertiary/aromatic N) is 1. The van der Waals surface area contributed by atoms with Gasteiger partial charge in [0, 0.05) is 24.3 Å². The molecule has 0 saturated carbocycles. The summed E-state index contributed by atoms with van der Waals surface area (Å²) in [6, 6.07) is 14.9. The van der Waals surface area contributed by atoms with Gasteiger partial charge in [0.25, 0.3) is 0 Å². The summed E-state index contributed by atoms with van der Waals surface area (Å²) in [7, 11) is 0. The van der Waals surface area contributed by atoms with Gasteiger partial charge in [0.2, 0.25) is 0 Å². The quantitative estimate of drug-likeness (QED) is 0.328. The van der Waals surface area contributed by atoms with Crippen LogP contribution in [0.4, 0.5) is 23.7 Å². The van der Waals surface area contributed by atoms with Gasteiger partial charge < -0.3 is 19.8 Å². The summed E-state index contributed by atoms with van der Waals surface area (Å²) in [5.41, 5.74) is 1.14. The van der Waals surface area contributed by atoms with Gasteiger partial charge in [-0.25, -0.2) is 4.79 Å².